The Hall–Kier alpha value is -1.81. The molecule has 1 aromatic heterocycles. The fourth-order valence-corrected chi connectivity index (χ4v) is 2.02. The van der Waals surface area contributed by atoms with Crippen molar-refractivity contribution in [2.24, 2.45) is 0 Å². The molecular formula is C15H18ClN3O. The van der Waals surface area contributed by atoms with Crippen molar-refractivity contribution >= 4 is 17.5 Å². The first-order valence-electron chi connectivity index (χ1n) is 6.53. The minimum absolute atomic E-state index is 0.523. The lowest BCUT2D eigenvalue weighted by atomic mass is 10.1. The summed E-state index contributed by atoms with van der Waals surface area (Å²) in [5.41, 5.74) is 2.83. The van der Waals surface area contributed by atoms with E-state index >= 15 is 0 Å². The van der Waals surface area contributed by atoms with Crippen LogP contribution in [0.1, 0.15) is 23.7 Å². The van der Waals surface area contributed by atoms with Gasteiger partial charge in [0.05, 0.1) is 0 Å². The van der Waals surface area contributed by atoms with Crippen LogP contribution in [-0.2, 0) is 0 Å². The Morgan fingerprint density at radius 3 is 2.35 bits per heavy atom. The highest BCUT2D eigenvalue weighted by Crippen LogP contribution is 2.28. The molecule has 0 saturated heterocycles. The number of aryl methyl sites for hydroxylation is 3. The second-order valence-corrected chi connectivity index (χ2v) is 5.05. The predicted molar refractivity (Wildman–Crippen MR) is 81.9 cm³/mol. The molecule has 0 radical (unpaired) electrons. The van der Waals surface area contributed by atoms with Gasteiger partial charge in [0.25, 0.3) is 0 Å². The number of benzene rings is 1. The van der Waals surface area contributed by atoms with Gasteiger partial charge in [0.15, 0.2) is 0 Å². The number of rotatable bonds is 4. The summed E-state index contributed by atoms with van der Waals surface area (Å²) in [6.45, 7) is 8.59. The van der Waals surface area contributed by atoms with Crippen LogP contribution < -0.4 is 10.1 Å². The lowest BCUT2D eigenvalue weighted by molar-refractivity contribution is 0.461. The van der Waals surface area contributed by atoms with Crippen LogP contribution in [0.2, 0.25) is 5.02 Å². The van der Waals surface area contributed by atoms with E-state index in [1.54, 1.807) is 6.07 Å². The molecule has 5 heteroatoms. The average Bonchev–Trinajstić information content (AvgIpc) is 2.35. The van der Waals surface area contributed by atoms with Crippen molar-refractivity contribution < 1.29 is 4.74 Å². The third kappa shape index (κ3) is 3.39. The Labute approximate surface area is 124 Å². The summed E-state index contributed by atoms with van der Waals surface area (Å²) < 4.78 is 5.81. The van der Waals surface area contributed by atoms with Crippen molar-refractivity contribution in [2.45, 2.75) is 27.7 Å². The monoisotopic (exact) mass is 291 g/mol. The molecule has 0 aliphatic carbocycles. The van der Waals surface area contributed by atoms with Crippen LogP contribution in [-0.4, -0.2) is 16.5 Å². The first-order valence-corrected chi connectivity index (χ1v) is 6.91. The zero-order chi connectivity index (χ0) is 14.7. The molecular weight excluding hydrogens is 274 g/mol. The predicted octanol–water partition coefficient (Wildman–Crippen LogP) is 4.28. The molecule has 0 saturated carbocycles. The van der Waals surface area contributed by atoms with Crippen LogP contribution in [0.3, 0.4) is 0 Å². The highest BCUT2D eigenvalue weighted by molar-refractivity contribution is 6.32. The zero-order valence-electron chi connectivity index (χ0n) is 12.1. The number of anilines is 1. The molecule has 0 aliphatic heterocycles. The highest BCUT2D eigenvalue weighted by Gasteiger charge is 2.07. The fraction of sp³-hybridized carbons (Fsp3) is 0.333. The molecule has 0 spiro atoms. The van der Waals surface area contributed by atoms with Gasteiger partial charge in [0.1, 0.15) is 5.75 Å². The third-order valence-electron chi connectivity index (χ3n) is 2.80. The van der Waals surface area contributed by atoms with Crippen LogP contribution in [0.25, 0.3) is 0 Å². The van der Waals surface area contributed by atoms with Gasteiger partial charge in [-0.3, -0.25) is 0 Å². The second-order valence-electron chi connectivity index (χ2n) is 4.67. The molecule has 20 heavy (non-hydrogen) atoms. The summed E-state index contributed by atoms with van der Waals surface area (Å²) in [6.07, 6.45) is 0. The number of hydrogen-bond acceptors (Lipinski definition) is 4. The Morgan fingerprint density at radius 2 is 1.75 bits per heavy atom. The van der Waals surface area contributed by atoms with Crippen molar-refractivity contribution in [1.82, 2.24) is 9.97 Å². The van der Waals surface area contributed by atoms with Gasteiger partial charge in [-0.2, -0.15) is 4.98 Å². The summed E-state index contributed by atoms with van der Waals surface area (Å²) in [5, 5.41) is 3.85. The maximum atomic E-state index is 6.15. The van der Waals surface area contributed by atoms with Crippen LogP contribution >= 0.6 is 11.6 Å². The molecule has 4 nitrogen and oxygen atoms in total. The second kappa shape index (κ2) is 6.09. The lowest BCUT2D eigenvalue weighted by Crippen LogP contribution is -2.04. The number of halogens is 1. The third-order valence-corrected chi connectivity index (χ3v) is 3.39. The smallest absolute Gasteiger partial charge is 0.226 e. The van der Waals surface area contributed by atoms with E-state index in [1.165, 1.54) is 0 Å². The first-order chi connectivity index (χ1) is 9.49. The normalized spacial score (nSPS) is 10.4. The summed E-state index contributed by atoms with van der Waals surface area (Å²) in [7, 11) is 0. The van der Waals surface area contributed by atoms with Gasteiger partial charge >= 0.3 is 0 Å². The molecule has 2 rings (SSSR count). The molecule has 1 heterocycles. The van der Waals surface area contributed by atoms with Crippen molar-refractivity contribution in [3.8, 4) is 11.6 Å². The van der Waals surface area contributed by atoms with Crippen LogP contribution in [0.4, 0.5) is 5.95 Å². The van der Waals surface area contributed by atoms with Gasteiger partial charge in [-0.25, -0.2) is 4.98 Å². The van der Waals surface area contributed by atoms with E-state index in [0.717, 1.165) is 34.1 Å². The van der Waals surface area contributed by atoms with Gasteiger partial charge in [-0.1, -0.05) is 11.6 Å². The quantitative estimate of drug-likeness (QED) is 0.913. The van der Waals surface area contributed by atoms with Crippen molar-refractivity contribution in [1.29, 1.82) is 0 Å². The number of hydrogen-bond donors (Lipinski definition) is 1. The maximum absolute atomic E-state index is 6.15. The molecule has 0 atom stereocenters. The highest BCUT2D eigenvalue weighted by atomic mass is 35.5. The number of ether oxygens (including phenoxy) is 1. The molecule has 1 N–H and O–H groups in total. The van der Waals surface area contributed by atoms with Gasteiger partial charge in [0.2, 0.25) is 11.8 Å². The fourth-order valence-electron chi connectivity index (χ4n) is 1.91. The molecule has 106 valence electrons. The van der Waals surface area contributed by atoms with Gasteiger partial charge in [-0.15, -0.1) is 0 Å². The largest absolute Gasteiger partial charge is 0.439 e. The Morgan fingerprint density at radius 1 is 1.10 bits per heavy atom. The number of nitrogens with zero attached hydrogens (tertiary/aromatic N) is 2. The molecule has 0 amide bonds. The van der Waals surface area contributed by atoms with E-state index in [-0.39, 0.29) is 0 Å². The van der Waals surface area contributed by atoms with Gasteiger partial charge in [-0.05, 0) is 51.0 Å². The summed E-state index contributed by atoms with van der Waals surface area (Å²) >= 11 is 6.15. The van der Waals surface area contributed by atoms with Gasteiger partial charge < -0.3 is 10.1 Å². The Bertz CT molecular complexity index is 606. The minimum Gasteiger partial charge on any atom is -0.439 e. The standard InChI is InChI=1S/C15H18ClN3O/c1-5-17-15-18-11(4)8-13(19-15)20-12-6-9(2)14(16)10(3)7-12/h6-8H,5H2,1-4H3,(H,17,18,19). The van der Waals surface area contributed by atoms with E-state index in [4.69, 9.17) is 16.3 Å². The van der Waals surface area contributed by atoms with E-state index < -0.39 is 0 Å². The van der Waals surface area contributed by atoms with E-state index in [9.17, 15) is 0 Å². The van der Waals surface area contributed by atoms with Crippen LogP contribution in [0.15, 0.2) is 18.2 Å². The Kier molecular flexibility index (Phi) is 4.45. The average molecular weight is 292 g/mol. The minimum atomic E-state index is 0.523. The SMILES string of the molecule is CCNc1nc(C)cc(Oc2cc(C)c(Cl)c(C)c2)n1. The number of aromatic nitrogens is 2. The van der Waals surface area contributed by atoms with Crippen molar-refractivity contribution in [3.05, 3.63) is 40.0 Å². The zero-order valence-corrected chi connectivity index (χ0v) is 12.9. The Balaban J connectivity index is 2.30. The van der Waals surface area contributed by atoms with E-state index in [0.29, 0.717) is 11.8 Å². The molecule has 0 unspecified atom stereocenters. The summed E-state index contributed by atoms with van der Waals surface area (Å²) in [5.74, 6) is 1.82. The van der Waals surface area contributed by atoms with Crippen molar-refractivity contribution in [3.63, 3.8) is 0 Å². The van der Waals surface area contributed by atoms with Crippen LogP contribution in [0, 0.1) is 20.8 Å². The van der Waals surface area contributed by atoms with Gasteiger partial charge in [0, 0.05) is 23.3 Å². The summed E-state index contributed by atoms with van der Waals surface area (Å²) in [6, 6.07) is 5.61. The number of nitrogens with one attached hydrogen (secondary N) is 1. The molecule has 1 aromatic carbocycles. The summed E-state index contributed by atoms with van der Waals surface area (Å²) in [4.78, 5) is 8.61. The molecule has 2 aromatic rings. The molecule has 0 bridgehead atoms. The molecule has 0 fully saturated rings. The van der Waals surface area contributed by atoms with Crippen molar-refractivity contribution in [2.75, 3.05) is 11.9 Å². The maximum Gasteiger partial charge on any atom is 0.226 e. The topological polar surface area (TPSA) is 47.0 Å². The van der Waals surface area contributed by atoms with E-state index in [1.807, 2.05) is 39.8 Å². The first kappa shape index (κ1) is 14.6. The lowest BCUT2D eigenvalue weighted by Gasteiger charge is -2.10. The van der Waals surface area contributed by atoms with Crippen LogP contribution in [0.5, 0.6) is 11.6 Å². The molecule has 0 aliphatic rings. The van der Waals surface area contributed by atoms with E-state index in [2.05, 4.69) is 15.3 Å².